The Kier molecular flexibility index (Phi) is 29.7. The second-order valence-electron chi connectivity index (χ2n) is 28.5. The number of aromatic nitrogens is 6. The highest BCUT2D eigenvalue weighted by Gasteiger charge is 2.64. The Morgan fingerprint density at radius 3 is 1.18 bits per heavy atom. The summed E-state index contributed by atoms with van der Waals surface area (Å²) >= 11 is 0. The van der Waals surface area contributed by atoms with E-state index in [1.807, 2.05) is 0 Å². The molecule has 4 aliphatic rings. The van der Waals surface area contributed by atoms with Crippen LogP contribution in [0.4, 0.5) is 11.6 Å². The summed E-state index contributed by atoms with van der Waals surface area (Å²) in [6.45, 7) is 15.7. The summed E-state index contributed by atoms with van der Waals surface area (Å²) in [4.78, 5) is 100. The number of nitrogens with zero attached hydrogens (tertiary/aromatic N) is 12. The standard InChI is InChI=1S/2C37H48N7O11P/c2*1-23(2)34(45)52-31-30(28-13-14-29-33(40-22-43(6)7)39-21-41-44(28)29)54-37(19-38,32(31)53-35(46)24(3)4)20-50-56(48,55-27-11-9-8-10-12-27)42-25(5)36(47)51-26-15-17-49-18-16-26/h2*8-14,21-26,30-32H,15-18,20H2,1-7H3,(H,42,48)/t25-,30-,31-,32-,37+,56+;25-,30-,31-,32-,37+,56-/m00/s1. The molecule has 0 radical (unpaired) electrons. The summed E-state index contributed by atoms with van der Waals surface area (Å²) < 4.78 is 115. The molecule has 604 valence electrons. The second-order valence-corrected chi connectivity index (χ2v) is 31.8. The Bertz CT molecular complexity index is 4200. The predicted molar refractivity (Wildman–Crippen MR) is 399 cm³/mol. The third-order valence-corrected chi connectivity index (χ3v) is 20.8. The van der Waals surface area contributed by atoms with Crippen LogP contribution in [0, 0.1) is 46.3 Å². The number of nitriles is 2. The topological polar surface area (TPSA) is 429 Å². The molecule has 4 saturated heterocycles. The normalized spacial score (nSPS) is 23.1. The van der Waals surface area contributed by atoms with E-state index in [-0.39, 0.29) is 11.5 Å². The summed E-state index contributed by atoms with van der Waals surface area (Å²) in [5, 5.41) is 35.9. The number of rotatable bonds is 32. The van der Waals surface area contributed by atoms with E-state index in [0.717, 1.165) is 0 Å². The summed E-state index contributed by atoms with van der Waals surface area (Å²) in [6, 6.07) is 24.4. The number of benzene rings is 2. The van der Waals surface area contributed by atoms with Crippen molar-refractivity contribution in [2.75, 3.05) is 67.8 Å². The minimum atomic E-state index is -4.60. The average molecular weight is 1600 g/mol. The Morgan fingerprint density at radius 2 is 0.857 bits per heavy atom. The van der Waals surface area contributed by atoms with Crippen LogP contribution in [0.2, 0.25) is 0 Å². The summed E-state index contributed by atoms with van der Waals surface area (Å²) in [7, 11) is -2.00. The third kappa shape index (κ3) is 21.9. The van der Waals surface area contributed by atoms with E-state index in [4.69, 9.17) is 65.5 Å². The van der Waals surface area contributed by atoms with Gasteiger partial charge in [-0.3, -0.25) is 37.8 Å². The van der Waals surface area contributed by atoms with Gasteiger partial charge in [0.25, 0.3) is 0 Å². The minimum Gasteiger partial charge on any atom is -0.461 e. The molecule has 0 spiro atoms. The number of fused-ring (bicyclic) bond motifs is 2. The van der Waals surface area contributed by atoms with E-state index in [9.17, 15) is 48.4 Å². The van der Waals surface area contributed by atoms with E-state index < -0.39 is 160 Å². The lowest BCUT2D eigenvalue weighted by Gasteiger charge is -2.31. The van der Waals surface area contributed by atoms with Crippen molar-refractivity contribution in [3.05, 3.63) is 109 Å². The van der Waals surface area contributed by atoms with Crippen molar-refractivity contribution in [3.63, 3.8) is 0 Å². The molecule has 10 rings (SSSR count). The van der Waals surface area contributed by atoms with Crippen LogP contribution in [0.5, 0.6) is 11.5 Å². The van der Waals surface area contributed by atoms with Crippen LogP contribution < -0.4 is 19.2 Å². The summed E-state index contributed by atoms with van der Waals surface area (Å²) in [5.74, 6) is -6.03. The Balaban J connectivity index is 0.000000257. The zero-order valence-corrected chi connectivity index (χ0v) is 66.6. The molecule has 0 saturated carbocycles. The minimum absolute atomic E-state index is 0.114. The summed E-state index contributed by atoms with van der Waals surface area (Å²) in [5.41, 5.74) is -3.07. The van der Waals surface area contributed by atoms with Crippen LogP contribution in [0.15, 0.2) is 108 Å². The first kappa shape index (κ1) is 86.1. The average Bonchev–Trinajstić information content (AvgIpc) is 1.59. The fourth-order valence-electron chi connectivity index (χ4n) is 11.5. The number of esters is 6. The van der Waals surface area contributed by atoms with Crippen molar-refractivity contribution in [2.24, 2.45) is 33.7 Å². The number of ether oxygens (including phenoxy) is 10. The number of hydrogen-bond acceptors (Lipinski definition) is 30. The molecule has 0 bridgehead atoms. The van der Waals surface area contributed by atoms with E-state index in [0.29, 0.717) is 86.2 Å². The highest BCUT2D eigenvalue weighted by molar-refractivity contribution is 7.52. The molecular weight excluding hydrogens is 1500 g/mol. The first-order valence-electron chi connectivity index (χ1n) is 36.5. The summed E-state index contributed by atoms with van der Waals surface area (Å²) in [6.07, 6.45) is -1.84. The van der Waals surface area contributed by atoms with Crippen molar-refractivity contribution in [1.29, 1.82) is 10.5 Å². The Labute approximate surface area is 648 Å². The van der Waals surface area contributed by atoms with E-state index in [2.05, 4.69) is 52.5 Å². The van der Waals surface area contributed by atoms with Gasteiger partial charge in [-0.25, -0.2) is 38.1 Å². The van der Waals surface area contributed by atoms with Crippen LogP contribution in [0.25, 0.3) is 11.0 Å². The maximum atomic E-state index is 14.6. The molecule has 0 unspecified atom stereocenters. The van der Waals surface area contributed by atoms with Crippen LogP contribution in [0.3, 0.4) is 0 Å². The molecule has 4 aliphatic heterocycles. The molecule has 2 aromatic carbocycles. The van der Waals surface area contributed by atoms with Gasteiger partial charge < -0.3 is 66.2 Å². The maximum Gasteiger partial charge on any atom is 0.459 e. The molecule has 2 N–H and O–H groups in total. The highest BCUT2D eigenvalue weighted by atomic mass is 31.2. The quantitative estimate of drug-likeness (QED) is 0.0131. The van der Waals surface area contributed by atoms with Crippen molar-refractivity contribution in [1.82, 2.24) is 49.2 Å². The predicted octanol–water partition coefficient (Wildman–Crippen LogP) is 8.65. The number of nitrogens with one attached hydrogen (secondary N) is 2. The van der Waals surface area contributed by atoms with Gasteiger partial charge in [-0.2, -0.15) is 30.9 Å². The third-order valence-electron chi connectivity index (χ3n) is 17.5. The lowest BCUT2D eigenvalue weighted by atomic mass is 9.95. The number of carbonyl (C=O) groups is 6. The van der Waals surface area contributed by atoms with Gasteiger partial charge in [-0.15, -0.1) is 0 Å². The van der Waals surface area contributed by atoms with Gasteiger partial charge >= 0.3 is 51.3 Å². The zero-order valence-electron chi connectivity index (χ0n) is 64.8. The smallest absolute Gasteiger partial charge is 0.459 e. The van der Waals surface area contributed by atoms with E-state index in [1.54, 1.807) is 167 Å². The Morgan fingerprint density at radius 1 is 0.518 bits per heavy atom. The van der Waals surface area contributed by atoms with Crippen molar-refractivity contribution in [2.45, 2.75) is 167 Å². The first-order chi connectivity index (χ1) is 53.3. The zero-order chi connectivity index (χ0) is 81.2. The van der Waals surface area contributed by atoms with Gasteiger partial charge in [-0.1, -0.05) is 91.8 Å². The fourth-order valence-corrected chi connectivity index (χ4v) is 14.5. The largest absolute Gasteiger partial charge is 0.461 e. The van der Waals surface area contributed by atoms with Crippen LogP contribution in [-0.4, -0.2) is 215 Å². The molecule has 0 aliphatic carbocycles. The molecule has 38 heteroatoms. The number of hydrogen-bond donors (Lipinski definition) is 2. The molecular formula is C74H96N14O22P2. The second kappa shape index (κ2) is 38.6. The number of para-hydroxylation sites is 2. The molecule has 112 heavy (non-hydrogen) atoms. The number of aliphatic imine (C=N–C) groups is 2. The van der Waals surface area contributed by atoms with Gasteiger partial charge in [0.1, 0.15) is 97.0 Å². The fraction of sp³-hybridized carbons (Fsp3) is 0.541. The monoisotopic (exact) mass is 1590 g/mol. The van der Waals surface area contributed by atoms with Crippen molar-refractivity contribution < 1.29 is 103 Å². The maximum absolute atomic E-state index is 14.6. The molecule has 12 atom stereocenters. The number of carbonyl (C=O) groups excluding carboxylic acids is 6. The first-order valence-corrected chi connectivity index (χ1v) is 39.6. The molecule has 36 nitrogen and oxygen atoms in total. The van der Waals surface area contributed by atoms with E-state index >= 15 is 0 Å². The van der Waals surface area contributed by atoms with E-state index in [1.165, 1.54) is 59.8 Å². The Hall–Kier alpha value is -9.84. The van der Waals surface area contributed by atoms with Gasteiger partial charge in [-0.05, 0) is 62.4 Å². The van der Waals surface area contributed by atoms with Gasteiger partial charge in [0.2, 0.25) is 11.2 Å². The van der Waals surface area contributed by atoms with Gasteiger partial charge in [0, 0.05) is 53.9 Å². The van der Waals surface area contributed by atoms with Crippen LogP contribution in [-0.2, 0) is 94.3 Å². The van der Waals surface area contributed by atoms with Gasteiger partial charge in [0.15, 0.2) is 36.1 Å². The molecule has 4 fully saturated rings. The molecule has 4 aromatic heterocycles. The molecule has 8 heterocycles. The van der Waals surface area contributed by atoms with Crippen molar-refractivity contribution in [3.8, 4) is 23.6 Å². The lowest BCUT2D eigenvalue weighted by Crippen LogP contribution is -2.50. The molecule has 0 amide bonds. The van der Waals surface area contributed by atoms with Gasteiger partial charge in [0.05, 0.1) is 74.2 Å². The SMILES string of the molecule is CC(C)C(=O)O[C@H]1[C@H](c2ccc3c(N=CN(C)C)ncnn23)O[C@](C#N)(CO[P@@](=O)(N[C@@H](C)C(=O)OC2CCOCC2)Oc2ccccc2)[C@H]1OC(=O)C(C)C.CC(C)C(=O)O[C@H]1[C@H](c2ccc3c(N=CN(C)C)ncnn23)O[C@](C#N)(CO[P@](=O)(N[C@@H](C)C(=O)OC2CCOCC2)Oc2ccccc2)[C@H]1OC(=O)C(C)C. The lowest BCUT2D eigenvalue weighted by molar-refractivity contribution is -0.173. The molecule has 6 aromatic rings. The van der Waals surface area contributed by atoms with Crippen molar-refractivity contribution >= 4 is 86.7 Å². The van der Waals surface area contributed by atoms with Crippen LogP contribution in [0.1, 0.15) is 119 Å². The highest BCUT2D eigenvalue weighted by Crippen LogP contribution is 2.53. The van der Waals surface area contributed by atoms with Crippen LogP contribution >= 0.6 is 15.5 Å².